The Balaban J connectivity index is 1.70. The molecule has 1 unspecified atom stereocenters. The van der Waals surface area contributed by atoms with Crippen LogP contribution in [0.2, 0.25) is 0 Å². The van der Waals surface area contributed by atoms with Gasteiger partial charge in [-0.3, -0.25) is 9.59 Å². The molecule has 2 amide bonds. The van der Waals surface area contributed by atoms with Crippen molar-refractivity contribution in [1.82, 2.24) is 20.8 Å². The summed E-state index contributed by atoms with van der Waals surface area (Å²) in [6.45, 7) is 0.665. The van der Waals surface area contributed by atoms with Gasteiger partial charge < -0.3 is 15.1 Å². The van der Waals surface area contributed by atoms with Crippen molar-refractivity contribution in [3.05, 3.63) is 34.7 Å². The van der Waals surface area contributed by atoms with Gasteiger partial charge >= 0.3 is 0 Å². The predicted octanol–water partition coefficient (Wildman–Crippen LogP) is 1.80. The molecule has 1 saturated heterocycles. The van der Waals surface area contributed by atoms with E-state index in [-0.39, 0.29) is 16.7 Å². The van der Waals surface area contributed by atoms with E-state index >= 15 is 0 Å². The lowest BCUT2D eigenvalue weighted by Gasteiger charge is -2.15. The fourth-order valence-corrected chi connectivity index (χ4v) is 2.56. The lowest BCUT2D eigenvalue weighted by molar-refractivity contribution is -0.122. The molecule has 2 heterocycles. The van der Waals surface area contributed by atoms with Crippen molar-refractivity contribution >= 4 is 24.0 Å². The minimum atomic E-state index is -0.478. The van der Waals surface area contributed by atoms with Crippen LogP contribution in [0.4, 0.5) is 0 Å². The topological polar surface area (TPSA) is 100 Å². The third-order valence-corrected chi connectivity index (χ3v) is 3.85. The maximum atomic E-state index is 12.3. The SMILES string of the molecule is O=C(NC1CCCCNC1=O)c1ccc(-c2n[nH]c(=S)o2)cc1. The summed E-state index contributed by atoms with van der Waals surface area (Å²) in [5.41, 5.74) is 1.18. The zero-order chi connectivity index (χ0) is 16.2. The molecule has 23 heavy (non-hydrogen) atoms. The Morgan fingerprint density at radius 2 is 2.09 bits per heavy atom. The van der Waals surface area contributed by atoms with Gasteiger partial charge in [-0.1, -0.05) is 0 Å². The molecule has 7 nitrogen and oxygen atoms in total. The molecular weight excluding hydrogens is 316 g/mol. The molecule has 1 aliphatic heterocycles. The summed E-state index contributed by atoms with van der Waals surface area (Å²) in [4.78, 5) is 24.3. The van der Waals surface area contributed by atoms with Crippen LogP contribution in [0, 0.1) is 4.84 Å². The van der Waals surface area contributed by atoms with E-state index in [1.807, 2.05) is 0 Å². The summed E-state index contributed by atoms with van der Waals surface area (Å²) in [5.74, 6) is -0.0348. The van der Waals surface area contributed by atoms with Crippen molar-refractivity contribution in [3.8, 4) is 11.5 Å². The van der Waals surface area contributed by atoms with Crippen LogP contribution in [-0.2, 0) is 4.79 Å². The van der Waals surface area contributed by atoms with Crippen LogP contribution in [0.5, 0.6) is 0 Å². The Morgan fingerprint density at radius 1 is 1.30 bits per heavy atom. The molecule has 0 aliphatic carbocycles. The van der Waals surface area contributed by atoms with E-state index in [2.05, 4.69) is 20.8 Å². The van der Waals surface area contributed by atoms with Crippen molar-refractivity contribution in [2.75, 3.05) is 6.54 Å². The maximum Gasteiger partial charge on any atom is 0.284 e. The Labute approximate surface area is 137 Å². The van der Waals surface area contributed by atoms with Gasteiger partial charge in [0.2, 0.25) is 11.8 Å². The molecule has 1 aromatic carbocycles. The standard InChI is InChI=1S/C15H16N4O3S/c20-12(17-11-3-1-2-8-16-13(11)21)9-4-6-10(7-5-9)14-18-19-15(23)22-14/h4-7,11H,1-3,8H2,(H,16,21)(H,17,20)(H,19,23). The minimum Gasteiger partial charge on any atom is -0.409 e. The summed E-state index contributed by atoms with van der Waals surface area (Å²) >= 11 is 4.83. The van der Waals surface area contributed by atoms with E-state index in [1.54, 1.807) is 24.3 Å². The van der Waals surface area contributed by atoms with Crippen LogP contribution in [0.15, 0.2) is 28.7 Å². The first-order valence-corrected chi connectivity index (χ1v) is 7.79. The van der Waals surface area contributed by atoms with Gasteiger partial charge in [0.25, 0.3) is 10.7 Å². The lowest BCUT2D eigenvalue weighted by Crippen LogP contribution is -2.45. The van der Waals surface area contributed by atoms with E-state index in [9.17, 15) is 9.59 Å². The van der Waals surface area contributed by atoms with Crippen LogP contribution in [0.3, 0.4) is 0 Å². The van der Waals surface area contributed by atoms with Crippen LogP contribution >= 0.6 is 12.2 Å². The summed E-state index contributed by atoms with van der Waals surface area (Å²) in [7, 11) is 0. The summed E-state index contributed by atoms with van der Waals surface area (Å²) in [6.07, 6.45) is 2.50. The maximum absolute atomic E-state index is 12.3. The molecule has 1 aliphatic rings. The van der Waals surface area contributed by atoms with Gasteiger partial charge in [0.15, 0.2) is 0 Å². The number of benzene rings is 1. The minimum absolute atomic E-state index is 0.124. The van der Waals surface area contributed by atoms with Gasteiger partial charge in [-0.25, -0.2) is 5.10 Å². The fourth-order valence-electron chi connectivity index (χ4n) is 2.44. The fraction of sp³-hybridized carbons (Fsp3) is 0.333. The number of nitrogens with zero attached hydrogens (tertiary/aromatic N) is 1. The van der Waals surface area contributed by atoms with Gasteiger partial charge in [-0.15, -0.1) is 5.10 Å². The molecular formula is C15H16N4O3S. The highest BCUT2D eigenvalue weighted by molar-refractivity contribution is 7.71. The molecule has 0 saturated carbocycles. The molecule has 1 fully saturated rings. The zero-order valence-electron chi connectivity index (χ0n) is 12.3. The van der Waals surface area contributed by atoms with Gasteiger partial charge in [0.1, 0.15) is 6.04 Å². The molecule has 3 N–H and O–H groups in total. The summed E-state index contributed by atoms with van der Waals surface area (Å²) in [5, 5.41) is 12.0. The number of hydrogen-bond donors (Lipinski definition) is 3. The Kier molecular flexibility index (Phi) is 4.52. The molecule has 1 aromatic heterocycles. The predicted molar refractivity (Wildman–Crippen MR) is 85.2 cm³/mol. The molecule has 1 atom stereocenters. The monoisotopic (exact) mass is 332 g/mol. The van der Waals surface area contributed by atoms with E-state index in [0.717, 1.165) is 12.8 Å². The second-order valence-corrected chi connectivity index (χ2v) is 5.68. The van der Waals surface area contributed by atoms with Crippen LogP contribution in [0.1, 0.15) is 29.6 Å². The molecule has 2 aromatic rings. The van der Waals surface area contributed by atoms with Crippen LogP contribution in [-0.4, -0.2) is 34.6 Å². The van der Waals surface area contributed by atoms with Crippen molar-refractivity contribution in [1.29, 1.82) is 0 Å². The summed E-state index contributed by atoms with van der Waals surface area (Å²) in [6, 6.07) is 6.28. The number of carbonyl (C=O) groups excluding carboxylic acids is 2. The lowest BCUT2D eigenvalue weighted by atomic mass is 10.1. The average molecular weight is 332 g/mol. The van der Waals surface area contributed by atoms with Gasteiger partial charge in [0, 0.05) is 17.7 Å². The van der Waals surface area contributed by atoms with Crippen molar-refractivity contribution in [2.45, 2.75) is 25.3 Å². The van der Waals surface area contributed by atoms with Gasteiger partial charge in [0.05, 0.1) is 0 Å². The molecule has 8 heteroatoms. The first kappa shape index (κ1) is 15.4. The van der Waals surface area contributed by atoms with Crippen molar-refractivity contribution in [2.24, 2.45) is 0 Å². The molecule has 3 rings (SSSR count). The molecule has 0 bridgehead atoms. The normalized spacial score (nSPS) is 18.1. The molecule has 0 radical (unpaired) electrons. The van der Waals surface area contributed by atoms with E-state index in [4.69, 9.17) is 16.6 Å². The second-order valence-electron chi connectivity index (χ2n) is 5.31. The Bertz CT molecular complexity index is 766. The summed E-state index contributed by atoms with van der Waals surface area (Å²) < 4.78 is 5.21. The Hall–Kier alpha value is -2.48. The van der Waals surface area contributed by atoms with Gasteiger partial charge in [-0.2, -0.15) is 0 Å². The smallest absolute Gasteiger partial charge is 0.284 e. The highest BCUT2D eigenvalue weighted by Crippen LogP contribution is 2.17. The zero-order valence-corrected chi connectivity index (χ0v) is 13.1. The number of nitrogens with one attached hydrogen (secondary N) is 3. The number of aromatic nitrogens is 2. The number of H-pyrrole nitrogens is 1. The van der Waals surface area contributed by atoms with Crippen LogP contribution in [0.25, 0.3) is 11.5 Å². The first-order valence-electron chi connectivity index (χ1n) is 7.38. The quantitative estimate of drug-likeness (QED) is 0.744. The van der Waals surface area contributed by atoms with Crippen molar-refractivity contribution < 1.29 is 14.0 Å². The molecule has 0 spiro atoms. The average Bonchev–Trinajstić information content (AvgIpc) is 2.89. The number of hydrogen-bond acceptors (Lipinski definition) is 5. The number of aromatic amines is 1. The third-order valence-electron chi connectivity index (χ3n) is 3.67. The number of amides is 2. The number of carbonyl (C=O) groups is 2. The van der Waals surface area contributed by atoms with E-state index in [0.29, 0.717) is 30.0 Å². The second kappa shape index (κ2) is 6.74. The van der Waals surface area contributed by atoms with Crippen LogP contribution < -0.4 is 10.6 Å². The Morgan fingerprint density at radius 3 is 2.78 bits per heavy atom. The first-order chi connectivity index (χ1) is 11.1. The number of rotatable bonds is 3. The van der Waals surface area contributed by atoms with E-state index in [1.165, 1.54) is 0 Å². The van der Waals surface area contributed by atoms with Crippen molar-refractivity contribution in [3.63, 3.8) is 0 Å². The molecule has 120 valence electrons. The van der Waals surface area contributed by atoms with Gasteiger partial charge in [-0.05, 0) is 55.7 Å². The largest absolute Gasteiger partial charge is 0.409 e. The van der Waals surface area contributed by atoms with E-state index < -0.39 is 6.04 Å². The highest BCUT2D eigenvalue weighted by Gasteiger charge is 2.22. The third kappa shape index (κ3) is 3.65. The highest BCUT2D eigenvalue weighted by atomic mass is 32.1.